The summed E-state index contributed by atoms with van der Waals surface area (Å²) in [4.78, 5) is 25.6. The highest BCUT2D eigenvalue weighted by Gasteiger charge is 2.34. The molecule has 1 aliphatic heterocycles. The van der Waals surface area contributed by atoms with E-state index in [1.807, 2.05) is 6.07 Å². The summed E-state index contributed by atoms with van der Waals surface area (Å²) < 4.78 is 0.710. The van der Waals surface area contributed by atoms with Crippen molar-refractivity contribution in [3.05, 3.63) is 34.3 Å². The summed E-state index contributed by atoms with van der Waals surface area (Å²) in [5.74, 6) is 1.22. The SMILES string of the molecule is O=C(C[NH+]1CC[C@H]2CCCC[C@@H]2C1)NNC(=O)c1ccccc1Br. The lowest BCUT2D eigenvalue weighted by Crippen LogP contribution is -3.15. The minimum Gasteiger partial charge on any atom is -0.327 e. The number of carbonyl (C=O) groups is 2. The van der Waals surface area contributed by atoms with Gasteiger partial charge in [-0.15, -0.1) is 0 Å². The summed E-state index contributed by atoms with van der Waals surface area (Å²) in [6.45, 7) is 2.59. The highest BCUT2D eigenvalue weighted by molar-refractivity contribution is 9.10. The highest BCUT2D eigenvalue weighted by Crippen LogP contribution is 2.32. The maximum atomic E-state index is 12.1. The van der Waals surface area contributed by atoms with Crippen LogP contribution in [0.3, 0.4) is 0 Å². The van der Waals surface area contributed by atoms with Gasteiger partial charge in [0.2, 0.25) is 0 Å². The molecule has 2 fully saturated rings. The second-order valence-corrected chi connectivity index (χ2v) is 7.81. The van der Waals surface area contributed by atoms with Gasteiger partial charge in [0, 0.05) is 10.4 Å². The van der Waals surface area contributed by atoms with Crippen LogP contribution < -0.4 is 15.8 Å². The van der Waals surface area contributed by atoms with E-state index in [0.29, 0.717) is 16.6 Å². The van der Waals surface area contributed by atoms with Crippen LogP contribution in [0.1, 0.15) is 42.5 Å². The van der Waals surface area contributed by atoms with E-state index in [1.165, 1.54) is 37.0 Å². The molecule has 1 saturated carbocycles. The van der Waals surface area contributed by atoms with Crippen LogP contribution in [0, 0.1) is 11.8 Å². The minimum absolute atomic E-state index is 0.125. The molecule has 3 N–H and O–H groups in total. The molecule has 1 aromatic rings. The zero-order valence-electron chi connectivity index (χ0n) is 13.8. The summed E-state index contributed by atoms with van der Waals surface area (Å²) in [6, 6.07) is 7.15. The van der Waals surface area contributed by atoms with E-state index in [-0.39, 0.29) is 11.8 Å². The van der Waals surface area contributed by atoms with E-state index in [1.54, 1.807) is 18.2 Å². The van der Waals surface area contributed by atoms with Crippen molar-refractivity contribution in [3.8, 4) is 0 Å². The number of hydrazine groups is 1. The van der Waals surface area contributed by atoms with Gasteiger partial charge in [0.15, 0.2) is 6.54 Å². The number of piperidine rings is 1. The third-order valence-corrected chi connectivity index (χ3v) is 6.02. The largest absolute Gasteiger partial charge is 0.327 e. The molecule has 3 atom stereocenters. The van der Waals surface area contributed by atoms with E-state index in [9.17, 15) is 9.59 Å². The van der Waals surface area contributed by atoms with Crippen LogP contribution in [-0.2, 0) is 4.79 Å². The highest BCUT2D eigenvalue weighted by atomic mass is 79.9. The molecule has 0 radical (unpaired) electrons. The fraction of sp³-hybridized carbons (Fsp3) is 0.556. The summed E-state index contributed by atoms with van der Waals surface area (Å²) in [7, 11) is 0. The molecule has 1 aromatic carbocycles. The molecule has 0 aromatic heterocycles. The number of carbonyl (C=O) groups excluding carboxylic acids is 2. The van der Waals surface area contributed by atoms with Crippen LogP contribution >= 0.6 is 15.9 Å². The van der Waals surface area contributed by atoms with Crippen LogP contribution in [0.2, 0.25) is 0 Å². The van der Waals surface area contributed by atoms with Crippen LogP contribution in [0.25, 0.3) is 0 Å². The molecule has 3 rings (SSSR count). The minimum atomic E-state index is -0.309. The number of quaternary nitrogens is 1. The Morgan fingerprint density at radius 3 is 2.62 bits per heavy atom. The standard InChI is InChI=1S/C18H24BrN3O2/c19-16-8-4-3-7-15(16)18(24)21-20-17(23)12-22-10-9-13-5-1-2-6-14(13)11-22/h3-4,7-8,13-14H,1-2,5-6,9-12H2,(H,20,23)(H,21,24)/p+1/t13-,14-/m1/s1. The number of hydrogen-bond acceptors (Lipinski definition) is 2. The van der Waals surface area contributed by atoms with E-state index >= 15 is 0 Å². The molecule has 2 amide bonds. The monoisotopic (exact) mass is 394 g/mol. The van der Waals surface area contributed by atoms with E-state index < -0.39 is 0 Å². The first-order valence-electron chi connectivity index (χ1n) is 8.81. The number of hydrogen-bond donors (Lipinski definition) is 3. The van der Waals surface area contributed by atoms with Crippen LogP contribution in [0.15, 0.2) is 28.7 Å². The van der Waals surface area contributed by atoms with Crippen molar-refractivity contribution in [1.82, 2.24) is 10.9 Å². The molecule has 1 unspecified atom stereocenters. The van der Waals surface area contributed by atoms with Crippen molar-refractivity contribution in [2.24, 2.45) is 11.8 Å². The van der Waals surface area contributed by atoms with E-state index in [2.05, 4.69) is 26.8 Å². The van der Waals surface area contributed by atoms with E-state index in [4.69, 9.17) is 0 Å². The number of fused-ring (bicyclic) bond motifs is 1. The molecule has 6 heteroatoms. The van der Waals surface area contributed by atoms with Crippen molar-refractivity contribution in [2.75, 3.05) is 19.6 Å². The zero-order chi connectivity index (χ0) is 16.9. The smallest absolute Gasteiger partial charge is 0.293 e. The molecule has 2 aliphatic rings. The molecule has 5 nitrogen and oxygen atoms in total. The van der Waals surface area contributed by atoms with Gasteiger partial charge < -0.3 is 4.90 Å². The maximum Gasteiger partial charge on any atom is 0.293 e. The topological polar surface area (TPSA) is 62.6 Å². The lowest BCUT2D eigenvalue weighted by atomic mass is 9.75. The number of halogens is 1. The molecule has 1 heterocycles. The molecule has 1 saturated heterocycles. The summed E-state index contributed by atoms with van der Waals surface area (Å²) in [5, 5.41) is 0. The van der Waals surface area contributed by atoms with Crippen LogP contribution in [0.4, 0.5) is 0 Å². The number of likely N-dealkylation sites (tertiary alicyclic amines) is 1. The molecule has 0 spiro atoms. The third kappa shape index (κ3) is 4.36. The fourth-order valence-corrected chi connectivity index (χ4v) is 4.53. The van der Waals surface area contributed by atoms with Crippen molar-refractivity contribution >= 4 is 27.7 Å². The summed E-state index contributed by atoms with van der Waals surface area (Å²) >= 11 is 3.34. The zero-order valence-corrected chi connectivity index (χ0v) is 15.4. The van der Waals surface area contributed by atoms with Gasteiger partial charge in [0.1, 0.15) is 0 Å². The van der Waals surface area contributed by atoms with Gasteiger partial charge in [0.05, 0.1) is 18.7 Å². The van der Waals surface area contributed by atoms with Crippen LogP contribution in [0.5, 0.6) is 0 Å². The van der Waals surface area contributed by atoms with Crippen molar-refractivity contribution < 1.29 is 14.5 Å². The fourth-order valence-electron chi connectivity index (χ4n) is 4.07. The lowest BCUT2D eigenvalue weighted by Gasteiger charge is -2.38. The van der Waals surface area contributed by atoms with Gasteiger partial charge in [-0.3, -0.25) is 20.4 Å². The Balaban J connectivity index is 1.44. The number of rotatable bonds is 3. The van der Waals surface area contributed by atoms with Gasteiger partial charge in [-0.2, -0.15) is 0 Å². The average molecular weight is 395 g/mol. The Morgan fingerprint density at radius 2 is 1.83 bits per heavy atom. The molecule has 0 bridgehead atoms. The van der Waals surface area contributed by atoms with Gasteiger partial charge >= 0.3 is 0 Å². The Morgan fingerprint density at radius 1 is 1.08 bits per heavy atom. The number of nitrogens with one attached hydrogen (secondary N) is 3. The first kappa shape index (κ1) is 17.4. The second kappa shape index (κ2) is 8.12. The van der Waals surface area contributed by atoms with Gasteiger partial charge in [0.25, 0.3) is 11.8 Å². The first-order chi connectivity index (χ1) is 11.6. The van der Waals surface area contributed by atoms with Gasteiger partial charge in [-0.25, -0.2) is 0 Å². The third-order valence-electron chi connectivity index (χ3n) is 5.33. The average Bonchev–Trinajstić information content (AvgIpc) is 2.60. The lowest BCUT2D eigenvalue weighted by molar-refractivity contribution is -0.902. The molecular formula is C18H25BrN3O2+. The van der Waals surface area contributed by atoms with E-state index in [0.717, 1.165) is 24.9 Å². The molecule has 1 aliphatic carbocycles. The van der Waals surface area contributed by atoms with Crippen molar-refractivity contribution in [3.63, 3.8) is 0 Å². The Hall–Kier alpha value is -1.40. The Labute approximate surface area is 151 Å². The van der Waals surface area contributed by atoms with Gasteiger partial charge in [-0.1, -0.05) is 25.0 Å². The predicted octanol–water partition coefficient (Wildman–Crippen LogP) is 1.31. The van der Waals surface area contributed by atoms with Crippen LogP contribution in [-0.4, -0.2) is 31.4 Å². The summed E-state index contributed by atoms with van der Waals surface area (Å²) in [6.07, 6.45) is 6.62. The number of benzene rings is 1. The maximum absolute atomic E-state index is 12.1. The molecule has 24 heavy (non-hydrogen) atoms. The summed E-state index contributed by atoms with van der Waals surface area (Å²) in [5.41, 5.74) is 5.56. The first-order valence-corrected chi connectivity index (χ1v) is 9.60. The second-order valence-electron chi connectivity index (χ2n) is 6.96. The number of amides is 2. The normalized spacial score (nSPS) is 26.3. The Kier molecular flexibility index (Phi) is 5.89. The van der Waals surface area contributed by atoms with Gasteiger partial charge in [-0.05, 0) is 53.2 Å². The molecule has 130 valence electrons. The Bertz CT molecular complexity index is 608. The molecular weight excluding hydrogens is 370 g/mol. The quantitative estimate of drug-likeness (QED) is 0.676. The predicted molar refractivity (Wildman–Crippen MR) is 95.4 cm³/mol. The van der Waals surface area contributed by atoms with Crippen molar-refractivity contribution in [2.45, 2.75) is 32.1 Å². The van der Waals surface area contributed by atoms with Crippen molar-refractivity contribution in [1.29, 1.82) is 0 Å².